The molecule has 1 aromatic rings. The first kappa shape index (κ1) is 14.5. The van der Waals surface area contributed by atoms with E-state index in [-0.39, 0.29) is 23.5 Å². The van der Waals surface area contributed by atoms with Crippen LogP contribution < -0.4 is 10.6 Å². The zero-order valence-corrected chi connectivity index (χ0v) is 12.0. The number of rotatable bonds is 3. The van der Waals surface area contributed by atoms with Crippen LogP contribution in [0.1, 0.15) is 37.6 Å². The second-order valence-electron chi connectivity index (χ2n) is 5.39. The van der Waals surface area contributed by atoms with Crippen molar-refractivity contribution in [2.75, 3.05) is 11.9 Å². The molecule has 1 fully saturated rings. The Hall–Kier alpha value is -1.88. The van der Waals surface area contributed by atoms with E-state index in [1.165, 1.54) is 6.92 Å². The first-order valence-corrected chi connectivity index (χ1v) is 6.72. The highest BCUT2D eigenvalue weighted by molar-refractivity contribution is 5.95. The van der Waals surface area contributed by atoms with Crippen molar-refractivity contribution < 1.29 is 14.3 Å². The van der Waals surface area contributed by atoms with Crippen LogP contribution in [0.3, 0.4) is 0 Å². The Bertz CT molecular complexity index is 512. The summed E-state index contributed by atoms with van der Waals surface area (Å²) in [6.07, 6.45) is 0.790. The summed E-state index contributed by atoms with van der Waals surface area (Å²) in [5, 5.41) is 5.71. The van der Waals surface area contributed by atoms with Gasteiger partial charge in [-0.15, -0.1) is 0 Å². The maximum absolute atomic E-state index is 12.0. The van der Waals surface area contributed by atoms with Gasteiger partial charge in [-0.1, -0.05) is 0 Å². The Labute approximate surface area is 118 Å². The fourth-order valence-electron chi connectivity index (χ4n) is 2.21. The monoisotopic (exact) mass is 276 g/mol. The molecule has 0 saturated carbocycles. The van der Waals surface area contributed by atoms with Gasteiger partial charge in [-0.3, -0.25) is 4.79 Å². The van der Waals surface area contributed by atoms with Gasteiger partial charge >= 0.3 is 6.03 Å². The van der Waals surface area contributed by atoms with Gasteiger partial charge in [0.1, 0.15) is 0 Å². The van der Waals surface area contributed by atoms with Gasteiger partial charge in [0.15, 0.2) is 5.78 Å². The summed E-state index contributed by atoms with van der Waals surface area (Å²) in [4.78, 5) is 23.2. The highest BCUT2D eigenvalue weighted by Crippen LogP contribution is 2.25. The summed E-state index contributed by atoms with van der Waals surface area (Å²) in [5.74, 6) is 0.00504. The van der Waals surface area contributed by atoms with Crippen molar-refractivity contribution in [3.63, 3.8) is 0 Å². The standard InChI is InChI=1S/C15H20N2O3/c1-10(18)12-4-6-13(7-5-12)16-14(19)17-15(3)8-9-20-11(15)2/h4-7,11H,8-9H2,1-3H3,(H2,16,17,19). The molecule has 1 aliphatic heterocycles. The lowest BCUT2D eigenvalue weighted by atomic mass is 9.95. The molecule has 0 bridgehead atoms. The molecule has 2 atom stereocenters. The van der Waals surface area contributed by atoms with Crippen LogP contribution in [0.5, 0.6) is 0 Å². The summed E-state index contributed by atoms with van der Waals surface area (Å²) < 4.78 is 5.48. The zero-order chi connectivity index (χ0) is 14.8. The first-order chi connectivity index (χ1) is 9.40. The van der Waals surface area contributed by atoms with Crippen LogP contribution in [0.2, 0.25) is 0 Å². The van der Waals surface area contributed by atoms with Crippen LogP contribution in [0.15, 0.2) is 24.3 Å². The predicted molar refractivity (Wildman–Crippen MR) is 77.0 cm³/mol. The third-order valence-corrected chi connectivity index (χ3v) is 3.83. The molecule has 0 spiro atoms. The highest BCUT2D eigenvalue weighted by atomic mass is 16.5. The second kappa shape index (κ2) is 5.63. The maximum Gasteiger partial charge on any atom is 0.319 e. The Morgan fingerprint density at radius 3 is 2.45 bits per heavy atom. The average molecular weight is 276 g/mol. The molecule has 1 heterocycles. The Morgan fingerprint density at radius 1 is 1.30 bits per heavy atom. The van der Waals surface area contributed by atoms with E-state index in [1.54, 1.807) is 24.3 Å². The largest absolute Gasteiger partial charge is 0.376 e. The van der Waals surface area contributed by atoms with E-state index in [0.29, 0.717) is 17.9 Å². The van der Waals surface area contributed by atoms with Gasteiger partial charge in [-0.2, -0.15) is 0 Å². The van der Waals surface area contributed by atoms with Crippen molar-refractivity contribution >= 4 is 17.5 Å². The molecule has 0 aliphatic carbocycles. The zero-order valence-electron chi connectivity index (χ0n) is 12.0. The quantitative estimate of drug-likeness (QED) is 0.834. The van der Waals surface area contributed by atoms with Crippen molar-refractivity contribution in [2.45, 2.75) is 38.8 Å². The van der Waals surface area contributed by atoms with Gasteiger partial charge in [-0.05, 0) is 51.5 Å². The molecule has 2 unspecified atom stereocenters. The Morgan fingerprint density at radius 2 is 1.95 bits per heavy atom. The highest BCUT2D eigenvalue weighted by Gasteiger charge is 2.38. The summed E-state index contributed by atoms with van der Waals surface area (Å²) in [7, 11) is 0. The average Bonchev–Trinajstić information content (AvgIpc) is 2.69. The predicted octanol–water partition coefficient (Wildman–Crippen LogP) is 2.58. The molecule has 2 amide bonds. The number of ether oxygens (including phenoxy) is 1. The van der Waals surface area contributed by atoms with Crippen LogP contribution in [0.25, 0.3) is 0 Å². The summed E-state index contributed by atoms with van der Waals surface area (Å²) in [5.41, 5.74) is 0.937. The van der Waals surface area contributed by atoms with Crippen molar-refractivity contribution in [1.29, 1.82) is 0 Å². The van der Waals surface area contributed by atoms with Gasteiger partial charge < -0.3 is 15.4 Å². The SMILES string of the molecule is CC(=O)c1ccc(NC(=O)NC2(C)CCOC2C)cc1. The number of benzene rings is 1. The number of amides is 2. The van der Waals surface area contributed by atoms with Crippen LogP contribution >= 0.6 is 0 Å². The fourth-order valence-corrected chi connectivity index (χ4v) is 2.21. The number of nitrogens with one attached hydrogen (secondary N) is 2. The van der Waals surface area contributed by atoms with E-state index >= 15 is 0 Å². The molecule has 1 saturated heterocycles. The number of anilines is 1. The fraction of sp³-hybridized carbons (Fsp3) is 0.467. The van der Waals surface area contributed by atoms with Crippen LogP contribution in [0.4, 0.5) is 10.5 Å². The number of carbonyl (C=O) groups excluding carboxylic acids is 2. The van der Waals surface area contributed by atoms with Crippen LogP contribution in [-0.2, 0) is 4.74 Å². The molecule has 5 heteroatoms. The van der Waals surface area contributed by atoms with Gasteiger partial charge in [0.2, 0.25) is 0 Å². The van der Waals surface area contributed by atoms with Gasteiger partial charge in [0.05, 0.1) is 11.6 Å². The van der Waals surface area contributed by atoms with Crippen LogP contribution in [0, 0.1) is 0 Å². The van der Waals surface area contributed by atoms with Crippen molar-refractivity contribution in [3.05, 3.63) is 29.8 Å². The van der Waals surface area contributed by atoms with Gasteiger partial charge in [-0.25, -0.2) is 4.79 Å². The van der Waals surface area contributed by atoms with E-state index in [2.05, 4.69) is 10.6 Å². The minimum absolute atomic E-state index is 0.00504. The smallest absolute Gasteiger partial charge is 0.319 e. The third-order valence-electron chi connectivity index (χ3n) is 3.83. The molecule has 5 nitrogen and oxygen atoms in total. The van der Waals surface area contributed by atoms with Gasteiger partial charge in [0, 0.05) is 17.9 Å². The summed E-state index contributed by atoms with van der Waals surface area (Å²) >= 11 is 0. The molecule has 2 rings (SSSR count). The molecule has 0 aromatic heterocycles. The van der Waals surface area contributed by atoms with Crippen LogP contribution in [-0.4, -0.2) is 30.1 Å². The van der Waals surface area contributed by atoms with E-state index in [9.17, 15) is 9.59 Å². The summed E-state index contributed by atoms with van der Waals surface area (Å²) in [6, 6.07) is 6.56. The molecule has 1 aromatic carbocycles. The number of carbonyl (C=O) groups is 2. The molecule has 20 heavy (non-hydrogen) atoms. The third kappa shape index (κ3) is 3.17. The molecular formula is C15H20N2O3. The molecule has 108 valence electrons. The molecule has 2 N–H and O–H groups in total. The number of ketones is 1. The number of hydrogen-bond acceptors (Lipinski definition) is 3. The minimum Gasteiger partial charge on any atom is -0.376 e. The number of urea groups is 1. The van der Waals surface area contributed by atoms with Crippen molar-refractivity contribution in [2.24, 2.45) is 0 Å². The van der Waals surface area contributed by atoms with E-state index in [1.807, 2.05) is 13.8 Å². The van der Waals surface area contributed by atoms with Gasteiger partial charge in [0.25, 0.3) is 0 Å². The van der Waals surface area contributed by atoms with Crippen molar-refractivity contribution in [3.8, 4) is 0 Å². The lowest BCUT2D eigenvalue weighted by molar-refractivity contribution is 0.0920. The molecule has 0 radical (unpaired) electrons. The molecular weight excluding hydrogens is 256 g/mol. The van der Waals surface area contributed by atoms with E-state index < -0.39 is 0 Å². The topological polar surface area (TPSA) is 67.4 Å². The number of hydrogen-bond donors (Lipinski definition) is 2. The molecule has 1 aliphatic rings. The Kier molecular flexibility index (Phi) is 4.09. The lowest BCUT2D eigenvalue weighted by Gasteiger charge is -2.28. The lowest BCUT2D eigenvalue weighted by Crippen LogP contribution is -2.52. The minimum atomic E-state index is -0.344. The Balaban J connectivity index is 1.96. The normalized spacial score (nSPS) is 25.2. The van der Waals surface area contributed by atoms with E-state index in [0.717, 1.165) is 6.42 Å². The maximum atomic E-state index is 12.0. The summed E-state index contributed by atoms with van der Waals surface area (Å²) in [6.45, 7) is 6.10. The second-order valence-corrected chi connectivity index (χ2v) is 5.39. The van der Waals surface area contributed by atoms with E-state index in [4.69, 9.17) is 4.74 Å². The van der Waals surface area contributed by atoms with Crippen molar-refractivity contribution in [1.82, 2.24) is 5.32 Å². The number of Topliss-reactive ketones (excluding diaryl/α,β-unsaturated/α-hetero) is 1. The first-order valence-electron chi connectivity index (χ1n) is 6.72.